The van der Waals surface area contributed by atoms with E-state index in [9.17, 15) is 27.2 Å². The Balaban J connectivity index is 0.000000272. The number of aliphatic hydroxyl groups excluding tert-OH is 2. The summed E-state index contributed by atoms with van der Waals surface area (Å²) in [5.74, 6) is 0. The Morgan fingerprint density at radius 2 is 0.521 bits per heavy atom. The quantitative estimate of drug-likeness (QED) is 0.00903. The van der Waals surface area contributed by atoms with E-state index in [1.165, 1.54) is 12.1 Å². The summed E-state index contributed by atoms with van der Waals surface area (Å²) in [7, 11) is -14.2. The van der Waals surface area contributed by atoms with Crippen LogP contribution in [0.15, 0.2) is 308 Å². The third-order valence-electron chi connectivity index (χ3n) is 17.4. The highest BCUT2D eigenvalue weighted by Crippen LogP contribution is 2.53. The highest BCUT2D eigenvalue weighted by Gasteiger charge is 2.40. The molecular formula is C96H130ClN4O16P3S. The molecule has 0 saturated carbocycles. The van der Waals surface area contributed by atoms with Crippen molar-refractivity contribution in [2.45, 2.75) is 193 Å². The molecule has 0 heterocycles. The number of ether oxygens (including phenoxy) is 2. The van der Waals surface area contributed by atoms with E-state index in [1.54, 1.807) is 59.7 Å². The van der Waals surface area contributed by atoms with Crippen LogP contribution in [0, 0.1) is 0 Å². The van der Waals surface area contributed by atoms with Crippen molar-refractivity contribution in [3.05, 3.63) is 353 Å². The van der Waals surface area contributed by atoms with Crippen LogP contribution in [0.1, 0.15) is 161 Å². The maximum absolute atomic E-state index is 13.2. The molecule has 10 rings (SSSR count). The van der Waals surface area contributed by atoms with Gasteiger partial charge in [0.1, 0.15) is 17.6 Å². The van der Waals surface area contributed by atoms with E-state index in [-0.39, 0.29) is 72.5 Å². The lowest BCUT2D eigenvalue weighted by Crippen LogP contribution is -2.47. The minimum absolute atomic E-state index is 0.00866. The van der Waals surface area contributed by atoms with E-state index < -0.39 is 61.3 Å². The van der Waals surface area contributed by atoms with Gasteiger partial charge >= 0.3 is 22.8 Å². The molecule has 0 aliphatic rings. The van der Waals surface area contributed by atoms with E-state index in [2.05, 4.69) is 193 Å². The van der Waals surface area contributed by atoms with Crippen LogP contribution in [0.2, 0.25) is 0 Å². The van der Waals surface area contributed by atoms with Gasteiger partial charge in [-0.05, 0) is 173 Å². The first kappa shape index (κ1) is 104. The zero-order valence-corrected chi connectivity index (χ0v) is 77.2. The van der Waals surface area contributed by atoms with Crippen molar-refractivity contribution in [3.8, 4) is 0 Å². The molecule has 0 aliphatic heterocycles. The van der Waals surface area contributed by atoms with Gasteiger partial charge in [-0.2, -0.15) is 8.42 Å². The lowest BCUT2D eigenvalue weighted by molar-refractivity contribution is 0.0603. The lowest BCUT2D eigenvalue weighted by atomic mass is 9.77. The second kappa shape index (κ2) is 53.0. The van der Waals surface area contributed by atoms with Crippen molar-refractivity contribution in [2.75, 3.05) is 45.2 Å². The minimum Gasteiger partial charge on any atom is -0.392 e. The van der Waals surface area contributed by atoms with Gasteiger partial charge in [0.05, 0.1) is 77.0 Å². The van der Waals surface area contributed by atoms with Crippen LogP contribution in [0.4, 0.5) is 0 Å². The summed E-state index contributed by atoms with van der Waals surface area (Å²) in [6.45, 7) is 30.3. The predicted octanol–water partition coefficient (Wildman–Crippen LogP) is 21.2. The standard InChI is InChI=1S/C29H38NO4P.C22H23NO.C19H15Cl.C13H21O6PS.C10H24NO4P.C3H9NO/c1-23(2)33-35(31,34-24(3)4)22-32-25(5)21-30-29(26-15-9-6-10-16-26,27-17-11-7-12-18-27)28-19-13-8-14-20-28;1-18(24)17-23-22(19-11-5-2-6-12-19,20-13-7-3-8-14-20)21-15-9-4-10-16-21;20-19(16-10-4-1-5-11-16,17-12-6-2-7-13-17)18-14-8-3-9-15-18;1-11(2)18-20(14,19-12(3)4)10-17-21(15,16)13-8-6-5-7-9-13;1-8(2)14-16(12,15-9(3)4)7-13-10(5)6-11;1-3(5)2-4/h6-20,23-25,30H,21-22H2,1-5H3;2-16,18,23-24H,17H2,1H3;1-15H;5-9,11-12H,10H2,1-4H3;8-10H,6-7,11H2,1-5H3;3,5H,2,4H2,1H3/t25-;18-;;;10-;3-/m11..11/s1. The summed E-state index contributed by atoms with van der Waals surface area (Å²) in [6, 6.07) is 101. The van der Waals surface area contributed by atoms with Gasteiger partial charge in [0.15, 0.2) is 6.35 Å². The highest BCUT2D eigenvalue weighted by atomic mass is 35.5. The lowest BCUT2D eigenvalue weighted by Gasteiger charge is -2.38. The van der Waals surface area contributed by atoms with E-state index in [0.29, 0.717) is 26.2 Å². The number of halogens is 1. The first-order valence-electron chi connectivity index (χ1n) is 41.0. The minimum atomic E-state index is -4.00. The second-order valence-electron chi connectivity index (χ2n) is 30.4. The van der Waals surface area contributed by atoms with Crippen LogP contribution in [-0.2, 0) is 80.6 Å². The van der Waals surface area contributed by atoms with Gasteiger partial charge in [-0.25, -0.2) is 0 Å². The van der Waals surface area contributed by atoms with Gasteiger partial charge in [-0.3, -0.25) is 28.5 Å². The van der Waals surface area contributed by atoms with E-state index in [0.717, 1.165) is 50.1 Å². The molecular weight excluding hydrogens is 1630 g/mol. The number of hydrogen-bond acceptors (Lipinski definition) is 20. The third-order valence-corrected chi connectivity index (χ3v) is 25.3. The average Bonchev–Trinajstić information content (AvgIpc) is 0.770. The Kier molecular flexibility index (Phi) is 45.6. The first-order chi connectivity index (χ1) is 57.5. The van der Waals surface area contributed by atoms with Crippen molar-refractivity contribution in [3.63, 3.8) is 0 Å². The van der Waals surface area contributed by atoms with Crippen molar-refractivity contribution < 1.29 is 73.1 Å². The van der Waals surface area contributed by atoms with Crippen LogP contribution in [-0.4, -0.2) is 125 Å². The highest BCUT2D eigenvalue weighted by molar-refractivity contribution is 7.87. The number of benzene rings is 10. The Hall–Kier alpha value is -7.47. The largest absolute Gasteiger partial charge is 0.392 e. The average molecular weight is 1760 g/mol. The summed E-state index contributed by atoms with van der Waals surface area (Å²) in [6.07, 6.45) is -3.50. The van der Waals surface area contributed by atoms with Crippen molar-refractivity contribution in [2.24, 2.45) is 11.5 Å². The molecule has 4 atom stereocenters. The summed E-state index contributed by atoms with van der Waals surface area (Å²) in [5.41, 5.74) is 19.3. The molecule has 20 nitrogen and oxygen atoms in total. The second-order valence-corrected chi connectivity index (χ2v) is 38.3. The van der Waals surface area contributed by atoms with E-state index in [4.69, 9.17) is 69.0 Å². The van der Waals surface area contributed by atoms with Crippen LogP contribution in [0.25, 0.3) is 0 Å². The number of rotatable bonds is 39. The molecule has 10 aromatic rings. The SMILES string of the molecule is CC(C)OP(=O)(COS(=O)(=O)c1ccccc1)OC(C)C.CC(C)OP(=O)(CO[C@H](C)CN)OC(C)C.CC(C)OP(=O)(CO[C@H](C)CNC(c1ccccc1)(c1ccccc1)c1ccccc1)OC(C)C.C[C@@H](O)CN.C[C@@H](O)CNC(c1ccccc1)(c1ccccc1)c1ccccc1.ClC(c1ccccc1)(c1ccccc1)c1ccccc1. The number of nitrogens with one attached hydrogen (secondary N) is 2. The van der Waals surface area contributed by atoms with Gasteiger partial charge in [-0.15, -0.1) is 11.6 Å². The summed E-state index contributed by atoms with van der Waals surface area (Å²) in [4.78, 5) is -0.658. The molecule has 0 aliphatic carbocycles. The fraction of sp³-hybridized carbons (Fsp3) is 0.375. The molecule has 0 saturated heterocycles. The maximum atomic E-state index is 13.2. The zero-order chi connectivity index (χ0) is 89.1. The molecule has 0 fully saturated rings. The van der Waals surface area contributed by atoms with Gasteiger partial charge < -0.3 is 58.3 Å². The Bertz CT molecular complexity index is 4350. The van der Waals surface area contributed by atoms with Crippen LogP contribution < -0.4 is 22.1 Å². The molecule has 8 N–H and O–H groups in total. The van der Waals surface area contributed by atoms with Crippen LogP contribution in [0.3, 0.4) is 0 Å². The number of nitrogens with two attached hydrogens (primary N) is 2. The molecule has 658 valence electrons. The van der Waals surface area contributed by atoms with Crippen molar-refractivity contribution in [1.82, 2.24) is 10.6 Å². The van der Waals surface area contributed by atoms with Crippen molar-refractivity contribution >= 4 is 44.5 Å². The van der Waals surface area contributed by atoms with Crippen LogP contribution in [0.5, 0.6) is 0 Å². The molecule has 25 heteroatoms. The molecule has 0 spiro atoms. The fourth-order valence-corrected chi connectivity index (χ4v) is 19.7. The van der Waals surface area contributed by atoms with E-state index in [1.807, 2.05) is 160 Å². The number of hydrogen-bond donors (Lipinski definition) is 6. The van der Waals surface area contributed by atoms with Gasteiger partial charge in [0.2, 0.25) is 0 Å². The van der Waals surface area contributed by atoms with Crippen molar-refractivity contribution in [1.29, 1.82) is 0 Å². The molecule has 0 bridgehead atoms. The summed E-state index contributed by atoms with van der Waals surface area (Å²) in [5, 5.41) is 25.6. The van der Waals surface area contributed by atoms with Gasteiger partial charge in [0, 0.05) is 26.2 Å². The Labute approximate surface area is 726 Å². The van der Waals surface area contributed by atoms with E-state index >= 15 is 0 Å². The Morgan fingerprint density at radius 1 is 0.314 bits per heavy atom. The molecule has 0 unspecified atom stereocenters. The maximum Gasteiger partial charge on any atom is 0.358 e. The number of alkyl halides is 1. The zero-order valence-electron chi connectivity index (χ0n) is 73.0. The molecule has 121 heavy (non-hydrogen) atoms. The monoisotopic (exact) mass is 1750 g/mol. The summed E-state index contributed by atoms with van der Waals surface area (Å²) < 4.78 is 110. The fourth-order valence-electron chi connectivity index (χ4n) is 12.4. The molecule has 0 radical (unpaired) electrons. The predicted molar refractivity (Wildman–Crippen MR) is 492 cm³/mol. The number of aliphatic hydroxyl groups is 2. The smallest absolute Gasteiger partial charge is 0.358 e. The molecule has 0 amide bonds. The molecule has 0 aromatic heterocycles. The molecule has 10 aromatic carbocycles. The van der Waals surface area contributed by atoms with Gasteiger partial charge in [0.25, 0.3) is 10.1 Å². The third kappa shape index (κ3) is 35.2. The topological polar surface area (TPSA) is 285 Å². The van der Waals surface area contributed by atoms with Gasteiger partial charge in [-0.1, -0.05) is 291 Å². The first-order valence-corrected chi connectivity index (χ1v) is 48.0. The van der Waals surface area contributed by atoms with Crippen LogP contribution >= 0.6 is 34.4 Å². The summed E-state index contributed by atoms with van der Waals surface area (Å²) >= 11 is 7.12. The normalized spacial score (nSPS) is 13.1. The Morgan fingerprint density at radius 3 is 0.736 bits per heavy atom.